The average Bonchev–Trinajstić information content (AvgIpc) is 2.47. The van der Waals surface area contributed by atoms with E-state index in [-0.39, 0.29) is 5.91 Å². The minimum absolute atomic E-state index is 0.128. The standard InChI is InChI=1S/C15H13NO2S/c1-19-11-7-8-13-12(9-11)16-15(17)14(18-13)10-5-3-2-4-6-10/h2-9,14H,1H3,(H,16,17). The monoisotopic (exact) mass is 271 g/mol. The van der Waals surface area contributed by atoms with Crippen molar-refractivity contribution < 1.29 is 9.53 Å². The zero-order valence-corrected chi connectivity index (χ0v) is 11.2. The van der Waals surface area contributed by atoms with Crippen LogP contribution in [0.2, 0.25) is 0 Å². The maximum atomic E-state index is 12.1. The summed E-state index contributed by atoms with van der Waals surface area (Å²) < 4.78 is 5.81. The quantitative estimate of drug-likeness (QED) is 0.850. The highest BCUT2D eigenvalue weighted by Gasteiger charge is 2.28. The van der Waals surface area contributed by atoms with Gasteiger partial charge in [0.05, 0.1) is 5.69 Å². The zero-order valence-electron chi connectivity index (χ0n) is 10.4. The number of hydrogen-bond acceptors (Lipinski definition) is 3. The molecule has 0 saturated heterocycles. The molecule has 0 spiro atoms. The summed E-state index contributed by atoms with van der Waals surface area (Å²) in [6.07, 6.45) is 1.42. The van der Waals surface area contributed by atoms with Crippen LogP contribution in [0.5, 0.6) is 5.75 Å². The average molecular weight is 271 g/mol. The van der Waals surface area contributed by atoms with E-state index >= 15 is 0 Å². The van der Waals surface area contributed by atoms with E-state index in [1.54, 1.807) is 11.8 Å². The molecule has 1 amide bonds. The Kier molecular flexibility index (Phi) is 3.17. The number of fused-ring (bicyclic) bond motifs is 1. The summed E-state index contributed by atoms with van der Waals surface area (Å²) in [5.41, 5.74) is 1.60. The number of rotatable bonds is 2. The normalized spacial score (nSPS) is 17.3. The van der Waals surface area contributed by atoms with Crippen LogP contribution in [-0.4, -0.2) is 12.2 Å². The van der Waals surface area contributed by atoms with Gasteiger partial charge in [-0.3, -0.25) is 4.79 Å². The minimum Gasteiger partial charge on any atom is -0.474 e. The zero-order chi connectivity index (χ0) is 13.2. The third-order valence-corrected chi connectivity index (χ3v) is 3.76. The van der Waals surface area contributed by atoms with Crippen molar-refractivity contribution in [1.29, 1.82) is 0 Å². The fourth-order valence-electron chi connectivity index (χ4n) is 2.06. The molecule has 0 saturated carbocycles. The van der Waals surface area contributed by atoms with Crippen molar-refractivity contribution in [3.63, 3.8) is 0 Å². The summed E-state index contributed by atoms with van der Waals surface area (Å²) in [6.45, 7) is 0. The smallest absolute Gasteiger partial charge is 0.270 e. The van der Waals surface area contributed by atoms with Crippen molar-refractivity contribution in [2.75, 3.05) is 11.6 Å². The molecule has 3 nitrogen and oxygen atoms in total. The largest absolute Gasteiger partial charge is 0.474 e. The lowest BCUT2D eigenvalue weighted by Gasteiger charge is -2.26. The number of anilines is 1. The van der Waals surface area contributed by atoms with Gasteiger partial charge in [-0.15, -0.1) is 11.8 Å². The van der Waals surface area contributed by atoms with Gasteiger partial charge in [0.25, 0.3) is 5.91 Å². The van der Waals surface area contributed by atoms with Crippen LogP contribution in [0.25, 0.3) is 0 Å². The molecular formula is C15H13NO2S. The fourth-order valence-corrected chi connectivity index (χ4v) is 2.50. The van der Waals surface area contributed by atoms with E-state index in [1.807, 2.05) is 54.8 Å². The highest BCUT2D eigenvalue weighted by Crippen LogP contribution is 2.36. The van der Waals surface area contributed by atoms with Crippen molar-refractivity contribution >= 4 is 23.4 Å². The first-order chi connectivity index (χ1) is 9.28. The fraction of sp³-hybridized carbons (Fsp3) is 0.133. The van der Waals surface area contributed by atoms with Crippen LogP contribution in [0, 0.1) is 0 Å². The summed E-state index contributed by atoms with van der Waals surface area (Å²) in [4.78, 5) is 13.2. The molecule has 2 aromatic carbocycles. The number of carbonyl (C=O) groups is 1. The van der Waals surface area contributed by atoms with Gasteiger partial charge in [0.1, 0.15) is 5.75 Å². The highest BCUT2D eigenvalue weighted by molar-refractivity contribution is 7.98. The number of benzene rings is 2. The van der Waals surface area contributed by atoms with Gasteiger partial charge < -0.3 is 10.1 Å². The van der Waals surface area contributed by atoms with E-state index in [4.69, 9.17) is 4.74 Å². The Morgan fingerprint density at radius 1 is 1.16 bits per heavy atom. The van der Waals surface area contributed by atoms with Crippen LogP contribution < -0.4 is 10.1 Å². The van der Waals surface area contributed by atoms with Gasteiger partial charge in [0.15, 0.2) is 0 Å². The Labute approximate surface area is 116 Å². The predicted octanol–water partition coefficient (Wildman–Crippen LogP) is 3.48. The Bertz CT molecular complexity index is 613. The molecule has 0 fully saturated rings. The first-order valence-electron chi connectivity index (χ1n) is 5.98. The second-order valence-electron chi connectivity index (χ2n) is 4.26. The van der Waals surface area contributed by atoms with Gasteiger partial charge >= 0.3 is 0 Å². The van der Waals surface area contributed by atoms with Gasteiger partial charge in [-0.1, -0.05) is 30.3 Å². The molecule has 0 bridgehead atoms. The molecule has 4 heteroatoms. The van der Waals surface area contributed by atoms with E-state index < -0.39 is 6.10 Å². The Morgan fingerprint density at radius 3 is 2.68 bits per heavy atom. The van der Waals surface area contributed by atoms with Crippen molar-refractivity contribution in [3.05, 3.63) is 54.1 Å². The molecule has 1 heterocycles. The summed E-state index contributed by atoms with van der Waals surface area (Å²) in [7, 11) is 0. The molecule has 96 valence electrons. The molecule has 2 aromatic rings. The van der Waals surface area contributed by atoms with Crippen LogP contribution in [0.4, 0.5) is 5.69 Å². The van der Waals surface area contributed by atoms with Gasteiger partial charge in [-0.2, -0.15) is 0 Å². The number of nitrogens with one attached hydrogen (secondary N) is 1. The lowest BCUT2D eigenvalue weighted by Crippen LogP contribution is -2.30. The summed E-state index contributed by atoms with van der Waals surface area (Å²) in [6, 6.07) is 15.3. The van der Waals surface area contributed by atoms with Gasteiger partial charge in [-0.05, 0) is 24.5 Å². The van der Waals surface area contributed by atoms with E-state index in [1.165, 1.54) is 0 Å². The summed E-state index contributed by atoms with van der Waals surface area (Å²) >= 11 is 1.63. The van der Waals surface area contributed by atoms with Crippen molar-refractivity contribution in [2.45, 2.75) is 11.0 Å². The van der Waals surface area contributed by atoms with Crippen molar-refractivity contribution in [2.24, 2.45) is 0 Å². The molecule has 1 atom stereocenters. The lowest BCUT2D eigenvalue weighted by molar-refractivity contribution is -0.123. The van der Waals surface area contributed by atoms with Crippen molar-refractivity contribution in [3.8, 4) is 5.75 Å². The van der Waals surface area contributed by atoms with E-state index in [0.29, 0.717) is 5.75 Å². The highest BCUT2D eigenvalue weighted by atomic mass is 32.2. The van der Waals surface area contributed by atoms with Gasteiger partial charge in [0.2, 0.25) is 6.10 Å². The molecule has 0 aromatic heterocycles. The second-order valence-corrected chi connectivity index (χ2v) is 5.14. The second kappa shape index (κ2) is 4.97. The number of carbonyl (C=O) groups excluding carboxylic acids is 1. The summed E-state index contributed by atoms with van der Waals surface area (Å²) in [5, 5.41) is 2.91. The maximum Gasteiger partial charge on any atom is 0.270 e. The van der Waals surface area contributed by atoms with Gasteiger partial charge in [-0.25, -0.2) is 0 Å². The topological polar surface area (TPSA) is 38.3 Å². The van der Waals surface area contributed by atoms with E-state index in [9.17, 15) is 4.79 Å². The Morgan fingerprint density at radius 2 is 1.95 bits per heavy atom. The third kappa shape index (κ3) is 2.31. The van der Waals surface area contributed by atoms with Crippen molar-refractivity contribution in [1.82, 2.24) is 0 Å². The first kappa shape index (κ1) is 12.1. The molecule has 1 aliphatic heterocycles. The molecule has 1 N–H and O–H groups in total. The molecular weight excluding hydrogens is 258 g/mol. The molecule has 0 aliphatic carbocycles. The van der Waals surface area contributed by atoms with Crippen LogP contribution >= 0.6 is 11.8 Å². The molecule has 3 rings (SSSR count). The first-order valence-corrected chi connectivity index (χ1v) is 7.21. The number of thioether (sulfide) groups is 1. The molecule has 1 aliphatic rings. The molecule has 1 unspecified atom stereocenters. The predicted molar refractivity (Wildman–Crippen MR) is 76.7 cm³/mol. The lowest BCUT2D eigenvalue weighted by atomic mass is 10.1. The molecule has 19 heavy (non-hydrogen) atoms. The van der Waals surface area contributed by atoms with Crippen LogP contribution in [-0.2, 0) is 4.79 Å². The maximum absolute atomic E-state index is 12.1. The summed E-state index contributed by atoms with van der Waals surface area (Å²) in [5.74, 6) is 0.586. The van der Waals surface area contributed by atoms with E-state index in [2.05, 4.69) is 5.32 Å². The number of amides is 1. The van der Waals surface area contributed by atoms with E-state index in [0.717, 1.165) is 16.1 Å². The van der Waals surface area contributed by atoms with Crippen LogP contribution in [0.3, 0.4) is 0 Å². The van der Waals surface area contributed by atoms with Crippen LogP contribution in [0.1, 0.15) is 11.7 Å². The third-order valence-electron chi connectivity index (χ3n) is 3.03. The molecule has 0 radical (unpaired) electrons. The Balaban J connectivity index is 1.94. The number of hydrogen-bond donors (Lipinski definition) is 1. The van der Waals surface area contributed by atoms with Gasteiger partial charge in [0, 0.05) is 10.5 Å². The minimum atomic E-state index is -0.575. The van der Waals surface area contributed by atoms with Crippen LogP contribution in [0.15, 0.2) is 53.4 Å². The SMILES string of the molecule is CSc1ccc2c(c1)NC(=O)C(c1ccccc1)O2. The Hall–Kier alpha value is -1.94. The number of ether oxygens (including phenoxy) is 1.